The van der Waals surface area contributed by atoms with E-state index >= 15 is 0 Å². The van der Waals surface area contributed by atoms with Gasteiger partial charge >= 0.3 is 6.18 Å². The van der Waals surface area contributed by atoms with Crippen molar-refractivity contribution in [3.63, 3.8) is 0 Å². The van der Waals surface area contributed by atoms with Gasteiger partial charge in [-0.05, 0) is 42.8 Å². The number of alkyl halides is 3. The molecule has 0 aliphatic carbocycles. The highest BCUT2D eigenvalue weighted by atomic mass is 19.4. The van der Waals surface area contributed by atoms with E-state index in [0.29, 0.717) is 12.3 Å². The Morgan fingerprint density at radius 2 is 1.71 bits per heavy atom. The Labute approximate surface area is 162 Å². The van der Waals surface area contributed by atoms with Crippen LogP contribution in [0.4, 0.5) is 13.2 Å². The van der Waals surface area contributed by atoms with Crippen molar-refractivity contribution >= 4 is 0 Å². The largest absolute Gasteiger partial charge is 0.416 e. The molecule has 1 fully saturated rings. The average Bonchev–Trinajstić information content (AvgIpc) is 3.32. The van der Waals surface area contributed by atoms with Gasteiger partial charge in [0.15, 0.2) is 0 Å². The van der Waals surface area contributed by atoms with Crippen LogP contribution in [0.25, 0.3) is 5.69 Å². The lowest BCUT2D eigenvalue weighted by Gasteiger charge is -2.22. The summed E-state index contributed by atoms with van der Waals surface area (Å²) in [5.41, 5.74) is 3.48. The van der Waals surface area contributed by atoms with Crippen molar-refractivity contribution in [1.29, 1.82) is 0 Å². The van der Waals surface area contributed by atoms with Gasteiger partial charge in [-0.2, -0.15) is 13.2 Å². The predicted octanol–water partition coefficient (Wildman–Crippen LogP) is 5.34. The van der Waals surface area contributed by atoms with Crippen LogP contribution >= 0.6 is 0 Å². The van der Waals surface area contributed by atoms with Crippen LogP contribution < -0.4 is 0 Å². The van der Waals surface area contributed by atoms with Crippen molar-refractivity contribution in [3.8, 4) is 5.69 Å². The van der Waals surface area contributed by atoms with Gasteiger partial charge in [-0.25, -0.2) is 0 Å². The molecule has 0 radical (unpaired) electrons. The Bertz CT molecular complexity index is 930. The maximum absolute atomic E-state index is 12.7. The fourth-order valence-corrected chi connectivity index (χ4v) is 3.44. The smallest absolute Gasteiger partial charge is 0.357 e. The fourth-order valence-electron chi connectivity index (χ4n) is 3.44. The van der Waals surface area contributed by atoms with Crippen LogP contribution in [0.5, 0.6) is 0 Å². The van der Waals surface area contributed by atoms with Gasteiger partial charge in [0.05, 0.1) is 12.2 Å². The quantitative estimate of drug-likeness (QED) is 0.603. The monoisotopic (exact) mass is 386 g/mol. The fraction of sp³-hybridized carbons (Fsp3) is 0.273. The molecular formula is C22H21F3N2O. The molecule has 4 rings (SSSR count). The van der Waals surface area contributed by atoms with Gasteiger partial charge in [0, 0.05) is 36.7 Å². The van der Waals surface area contributed by atoms with Crippen molar-refractivity contribution in [3.05, 3.63) is 89.2 Å². The number of nitrogens with zero attached hydrogens (tertiary/aromatic N) is 2. The second kappa shape index (κ2) is 7.45. The molecule has 0 bridgehead atoms. The highest BCUT2D eigenvalue weighted by molar-refractivity contribution is 5.37. The van der Waals surface area contributed by atoms with Crippen LogP contribution in [0.15, 0.2) is 67.0 Å². The molecule has 6 heteroatoms. The van der Waals surface area contributed by atoms with E-state index in [2.05, 4.69) is 36.1 Å². The van der Waals surface area contributed by atoms with Gasteiger partial charge in [0.2, 0.25) is 0 Å². The van der Waals surface area contributed by atoms with Gasteiger partial charge in [-0.15, -0.1) is 0 Å². The van der Waals surface area contributed by atoms with Crippen LogP contribution in [0.1, 0.15) is 28.5 Å². The van der Waals surface area contributed by atoms with E-state index in [9.17, 15) is 13.2 Å². The second-order valence-electron chi connectivity index (χ2n) is 7.08. The molecule has 0 N–H and O–H groups in total. The molecule has 28 heavy (non-hydrogen) atoms. The summed E-state index contributed by atoms with van der Waals surface area (Å²) in [5, 5.41) is 0. The minimum atomic E-state index is -4.32. The van der Waals surface area contributed by atoms with E-state index in [1.165, 1.54) is 23.3 Å². The van der Waals surface area contributed by atoms with Gasteiger partial charge in [-0.3, -0.25) is 4.90 Å². The molecule has 2 heterocycles. The number of aryl methyl sites for hydroxylation is 1. The summed E-state index contributed by atoms with van der Waals surface area (Å²) in [6, 6.07) is 15.6. The number of hydrogen-bond donors (Lipinski definition) is 0. The van der Waals surface area contributed by atoms with E-state index in [1.54, 1.807) is 0 Å². The van der Waals surface area contributed by atoms with Crippen molar-refractivity contribution in [1.82, 2.24) is 9.47 Å². The number of rotatable bonds is 4. The molecule has 1 aliphatic rings. The minimum Gasteiger partial charge on any atom is -0.357 e. The maximum Gasteiger partial charge on any atom is 0.416 e. The highest BCUT2D eigenvalue weighted by Crippen LogP contribution is 2.31. The zero-order valence-electron chi connectivity index (χ0n) is 15.5. The van der Waals surface area contributed by atoms with Crippen molar-refractivity contribution in [2.24, 2.45) is 0 Å². The van der Waals surface area contributed by atoms with Gasteiger partial charge in [0.1, 0.15) is 6.23 Å². The van der Waals surface area contributed by atoms with Crippen LogP contribution in [-0.2, 0) is 17.5 Å². The minimum absolute atomic E-state index is 0.156. The summed E-state index contributed by atoms with van der Waals surface area (Å²) in [6.45, 7) is 4.35. The standard InChI is InChI=1S/C22H21F3N2O/c1-16-2-4-17(5-3-16)14-27-12-13-28-21(27)18-10-11-26(15-18)20-8-6-19(7-9-20)22(23,24)25/h2-11,15,21H,12-14H2,1H3. The SMILES string of the molecule is Cc1ccc(CN2CCOC2c2ccn(-c3ccc(C(F)(F)F)cc3)c2)cc1. The molecule has 0 spiro atoms. The second-order valence-corrected chi connectivity index (χ2v) is 7.08. The van der Waals surface area contributed by atoms with Gasteiger partial charge in [0.25, 0.3) is 0 Å². The number of halogens is 3. The molecule has 1 saturated heterocycles. The lowest BCUT2D eigenvalue weighted by molar-refractivity contribution is -0.137. The first-order chi connectivity index (χ1) is 13.4. The predicted molar refractivity (Wildman–Crippen MR) is 101 cm³/mol. The molecule has 1 atom stereocenters. The Morgan fingerprint density at radius 3 is 2.39 bits per heavy atom. The summed E-state index contributed by atoms with van der Waals surface area (Å²) in [5.74, 6) is 0. The topological polar surface area (TPSA) is 17.4 Å². The molecule has 0 amide bonds. The molecular weight excluding hydrogens is 365 g/mol. The maximum atomic E-state index is 12.7. The van der Waals surface area contributed by atoms with E-state index in [-0.39, 0.29) is 6.23 Å². The number of ether oxygens (including phenoxy) is 1. The Hall–Kier alpha value is -2.57. The third-order valence-electron chi connectivity index (χ3n) is 4.99. The molecule has 1 unspecified atom stereocenters. The number of hydrogen-bond acceptors (Lipinski definition) is 2. The van der Waals surface area contributed by atoms with E-state index in [4.69, 9.17) is 4.74 Å². The molecule has 3 nitrogen and oxygen atoms in total. The third-order valence-corrected chi connectivity index (χ3v) is 4.99. The zero-order valence-corrected chi connectivity index (χ0v) is 15.5. The van der Waals surface area contributed by atoms with Gasteiger partial charge in [-0.1, -0.05) is 29.8 Å². The van der Waals surface area contributed by atoms with E-state index in [0.717, 1.165) is 30.8 Å². The summed E-state index contributed by atoms with van der Waals surface area (Å²) < 4.78 is 46.0. The molecule has 1 aliphatic heterocycles. The normalized spacial score (nSPS) is 17.9. The lowest BCUT2D eigenvalue weighted by Crippen LogP contribution is -2.23. The van der Waals surface area contributed by atoms with E-state index in [1.807, 2.05) is 23.0 Å². The Balaban J connectivity index is 1.50. The molecule has 1 aromatic heterocycles. The van der Waals surface area contributed by atoms with Crippen LogP contribution in [0.3, 0.4) is 0 Å². The Morgan fingerprint density at radius 1 is 1.00 bits per heavy atom. The number of benzene rings is 2. The average molecular weight is 386 g/mol. The first-order valence-corrected chi connectivity index (χ1v) is 9.17. The zero-order chi connectivity index (χ0) is 19.7. The third kappa shape index (κ3) is 3.98. The van der Waals surface area contributed by atoms with Crippen molar-refractivity contribution in [2.75, 3.05) is 13.2 Å². The van der Waals surface area contributed by atoms with Crippen LogP contribution in [0.2, 0.25) is 0 Å². The molecule has 0 saturated carbocycles. The van der Waals surface area contributed by atoms with Crippen LogP contribution in [-0.4, -0.2) is 22.6 Å². The highest BCUT2D eigenvalue weighted by Gasteiger charge is 2.30. The Kier molecular flexibility index (Phi) is 5.00. The summed E-state index contributed by atoms with van der Waals surface area (Å²) >= 11 is 0. The molecule has 2 aromatic carbocycles. The first-order valence-electron chi connectivity index (χ1n) is 9.17. The lowest BCUT2D eigenvalue weighted by atomic mass is 10.1. The van der Waals surface area contributed by atoms with Crippen molar-refractivity contribution < 1.29 is 17.9 Å². The van der Waals surface area contributed by atoms with Crippen molar-refractivity contribution in [2.45, 2.75) is 25.9 Å². The summed E-state index contributed by atoms with van der Waals surface area (Å²) in [7, 11) is 0. The van der Waals surface area contributed by atoms with E-state index < -0.39 is 11.7 Å². The summed E-state index contributed by atoms with van der Waals surface area (Å²) in [6.07, 6.45) is -0.712. The van der Waals surface area contributed by atoms with Gasteiger partial charge < -0.3 is 9.30 Å². The first kappa shape index (κ1) is 18.8. The number of aromatic nitrogens is 1. The molecule has 3 aromatic rings. The molecule has 146 valence electrons. The van der Waals surface area contributed by atoms with Crippen LogP contribution in [0, 0.1) is 6.92 Å². The summed E-state index contributed by atoms with van der Waals surface area (Å²) in [4.78, 5) is 2.26.